The molecule has 0 spiro atoms. The van der Waals surface area contributed by atoms with Crippen LogP contribution < -0.4 is 5.06 Å². The second-order valence-electron chi connectivity index (χ2n) is 3.43. The summed E-state index contributed by atoms with van der Waals surface area (Å²) in [6.07, 6.45) is 0. The molecule has 4 heteroatoms. The summed E-state index contributed by atoms with van der Waals surface area (Å²) in [5, 5.41) is 10.6. The van der Waals surface area contributed by atoms with Gasteiger partial charge >= 0.3 is 0 Å². The molecule has 0 heterocycles. The normalized spacial score (nSPS) is 10.0. The number of nitrogens with zero attached hydrogens (tertiary/aromatic N) is 1. The number of anilines is 1. The van der Waals surface area contributed by atoms with Crippen molar-refractivity contribution in [2.24, 2.45) is 0 Å². The Morgan fingerprint density at radius 2 is 1.59 bits per heavy atom. The molecule has 0 aliphatic heterocycles. The molecular weight excluding hydrogens is 329 g/mol. The number of hydrogen-bond donors (Lipinski definition) is 1. The van der Waals surface area contributed by atoms with E-state index in [4.69, 9.17) is 0 Å². The van der Waals surface area contributed by atoms with E-state index in [9.17, 15) is 10.0 Å². The number of halogens is 1. The van der Waals surface area contributed by atoms with Crippen LogP contribution in [-0.4, -0.2) is 11.1 Å². The average Bonchev–Trinajstić information content (AvgIpc) is 2.39. The topological polar surface area (TPSA) is 40.5 Å². The van der Waals surface area contributed by atoms with Crippen LogP contribution in [0.2, 0.25) is 0 Å². The second kappa shape index (κ2) is 5.29. The zero-order valence-electron chi connectivity index (χ0n) is 8.88. The van der Waals surface area contributed by atoms with Crippen LogP contribution >= 0.6 is 22.6 Å². The van der Waals surface area contributed by atoms with Crippen LogP contribution in [0.5, 0.6) is 0 Å². The number of para-hydroxylation sites is 1. The first-order chi connectivity index (χ1) is 8.20. The summed E-state index contributed by atoms with van der Waals surface area (Å²) in [4.78, 5) is 12.0. The lowest BCUT2D eigenvalue weighted by Crippen LogP contribution is -2.27. The molecule has 0 aliphatic carbocycles. The van der Waals surface area contributed by atoms with E-state index in [0.717, 1.165) is 3.57 Å². The van der Waals surface area contributed by atoms with Crippen LogP contribution in [0.15, 0.2) is 54.6 Å². The predicted molar refractivity (Wildman–Crippen MR) is 74.2 cm³/mol. The molecule has 0 saturated heterocycles. The number of benzene rings is 2. The molecule has 0 fully saturated rings. The highest BCUT2D eigenvalue weighted by molar-refractivity contribution is 14.1. The number of hydrogen-bond acceptors (Lipinski definition) is 2. The Morgan fingerprint density at radius 1 is 1.00 bits per heavy atom. The van der Waals surface area contributed by atoms with Crippen LogP contribution in [0.1, 0.15) is 10.4 Å². The molecule has 0 saturated carbocycles. The Morgan fingerprint density at radius 3 is 2.24 bits per heavy atom. The van der Waals surface area contributed by atoms with Crippen LogP contribution in [0.3, 0.4) is 0 Å². The Bertz CT molecular complexity index is 528. The molecule has 17 heavy (non-hydrogen) atoms. The summed E-state index contributed by atoms with van der Waals surface area (Å²) in [6.45, 7) is 0. The molecule has 86 valence electrons. The van der Waals surface area contributed by atoms with Gasteiger partial charge in [-0.15, -0.1) is 0 Å². The molecule has 0 aromatic heterocycles. The van der Waals surface area contributed by atoms with Gasteiger partial charge in [0.05, 0.1) is 5.69 Å². The lowest BCUT2D eigenvalue weighted by molar-refractivity contribution is 0.0854. The molecule has 0 radical (unpaired) electrons. The highest BCUT2D eigenvalue weighted by atomic mass is 127. The summed E-state index contributed by atoms with van der Waals surface area (Å²) in [5.41, 5.74) is 0.941. The molecule has 2 aromatic carbocycles. The van der Waals surface area contributed by atoms with Gasteiger partial charge in [0.1, 0.15) is 0 Å². The molecule has 1 N–H and O–H groups in total. The van der Waals surface area contributed by atoms with Gasteiger partial charge in [-0.25, -0.2) is 0 Å². The van der Waals surface area contributed by atoms with E-state index in [0.29, 0.717) is 16.3 Å². The number of hydroxylamine groups is 1. The highest BCUT2D eigenvalue weighted by Crippen LogP contribution is 2.22. The molecule has 0 aliphatic rings. The minimum absolute atomic E-state index is 0.435. The highest BCUT2D eigenvalue weighted by Gasteiger charge is 2.16. The van der Waals surface area contributed by atoms with Gasteiger partial charge in [0.25, 0.3) is 5.91 Å². The van der Waals surface area contributed by atoms with E-state index in [1.165, 1.54) is 0 Å². The van der Waals surface area contributed by atoms with Gasteiger partial charge in [-0.1, -0.05) is 30.3 Å². The zero-order valence-corrected chi connectivity index (χ0v) is 11.0. The summed E-state index contributed by atoms with van der Waals surface area (Å²) in [5.74, 6) is -0.435. The molecule has 0 bridgehead atoms. The van der Waals surface area contributed by atoms with E-state index in [-0.39, 0.29) is 0 Å². The van der Waals surface area contributed by atoms with Gasteiger partial charge in [-0.3, -0.25) is 10.0 Å². The Labute approximate surface area is 113 Å². The van der Waals surface area contributed by atoms with Crippen molar-refractivity contribution in [3.8, 4) is 0 Å². The maximum absolute atomic E-state index is 12.0. The van der Waals surface area contributed by atoms with Gasteiger partial charge in [0, 0.05) is 9.13 Å². The number of carbonyl (C=O) groups is 1. The summed E-state index contributed by atoms with van der Waals surface area (Å²) in [6, 6.07) is 15.8. The Kier molecular flexibility index (Phi) is 3.75. The van der Waals surface area contributed by atoms with Crippen molar-refractivity contribution in [2.75, 3.05) is 5.06 Å². The van der Waals surface area contributed by atoms with E-state index < -0.39 is 5.91 Å². The third-order valence-corrected chi connectivity index (χ3v) is 3.21. The quantitative estimate of drug-likeness (QED) is 0.518. The van der Waals surface area contributed by atoms with Crippen LogP contribution in [0.4, 0.5) is 5.69 Å². The number of amides is 1. The van der Waals surface area contributed by atoms with Gasteiger partial charge in [0.15, 0.2) is 0 Å². The van der Waals surface area contributed by atoms with E-state index in [1.54, 1.807) is 36.4 Å². The standard InChI is InChI=1S/C13H10INO2/c14-11-8-4-5-9-12(11)15(17)13(16)10-6-2-1-3-7-10/h1-9,17H. The predicted octanol–water partition coefficient (Wildman–Crippen LogP) is 3.33. The van der Waals surface area contributed by atoms with Crippen molar-refractivity contribution in [3.05, 3.63) is 63.7 Å². The van der Waals surface area contributed by atoms with Gasteiger partial charge in [0.2, 0.25) is 0 Å². The third-order valence-electron chi connectivity index (χ3n) is 2.29. The van der Waals surface area contributed by atoms with Crippen molar-refractivity contribution in [2.45, 2.75) is 0 Å². The lowest BCUT2D eigenvalue weighted by Gasteiger charge is -2.16. The van der Waals surface area contributed by atoms with Gasteiger partial charge < -0.3 is 0 Å². The first-order valence-corrected chi connectivity index (χ1v) is 6.11. The smallest absolute Gasteiger partial charge is 0.281 e. The fourth-order valence-corrected chi connectivity index (χ4v) is 2.05. The fourth-order valence-electron chi connectivity index (χ4n) is 1.44. The largest absolute Gasteiger partial charge is 0.282 e. The molecule has 0 unspecified atom stereocenters. The maximum atomic E-state index is 12.0. The van der Waals surface area contributed by atoms with Gasteiger partial charge in [-0.2, -0.15) is 5.06 Å². The van der Waals surface area contributed by atoms with Crippen molar-refractivity contribution in [1.29, 1.82) is 0 Å². The average molecular weight is 339 g/mol. The van der Waals surface area contributed by atoms with Crippen LogP contribution in [0, 0.1) is 3.57 Å². The monoisotopic (exact) mass is 339 g/mol. The first-order valence-electron chi connectivity index (χ1n) is 5.03. The molecule has 0 atom stereocenters. The van der Waals surface area contributed by atoms with Crippen molar-refractivity contribution in [1.82, 2.24) is 0 Å². The van der Waals surface area contributed by atoms with E-state index in [2.05, 4.69) is 22.6 Å². The van der Waals surface area contributed by atoms with Crippen LogP contribution in [-0.2, 0) is 0 Å². The zero-order chi connectivity index (χ0) is 12.3. The summed E-state index contributed by atoms with van der Waals surface area (Å²) in [7, 11) is 0. The lowest BCUT2D eigenvalue weighted by atomic mass is 10.2. The van der Waals surface area contributed by atoms with Gasteiger partial charge in [-0.05, 0) is 46.9 Å². The first kappa shape index (κ1) is 12.1. The van der Waals surface area contributed by atoms with E-state index in [1.807, 2.05) is 18.2 Å². The van der Waals surface area contributed by atoms with Crippen molar-refractivity contribution in [3.63, 3.8) is 0 Å². The molecular formula is C13H10INO2. The Balaban J connectivity index is 2.30. The van der Waals surface area contributed by atoms with Crippen molar-refractivity contribution < 1.29 is 10.0 Å². The minimum atomic E-state index is -0.435. The van der Waals surface area contributed by atoms with Crippen LogP contribution in [0.25, 0.3) is 0 Å². The minimum Gasteiger partial charge on any atom is -0.281 e. The number of carbonyl (C=O) groups excluding carboxylic acids is 1. The Hall–Kier alpha value is -1.40. The molecule has 3 nitrogen and oxygen atoms in total. The fraction of sp³-hybridized carbons (Fsp3) is 0. The SMILES string of the molecule is O=C(c1ccccc1)N(O)c1ccccc1I. The molecule has 2 rings (SSSR count). The molecule has 2 aromatic rings. The second-order valence-corrected chi connectivity index (χ2v) is 4.60. The third kappa shape index (κ3) is 2.65. The number of rotatable bonds is 2. The van der Waals surface area contributed by atoms with Crippen molar-refractivity contribution >= 4 is 34.2 Å². The summed E-state index contributed by atoms with van der Waals surface area (Å²) >= 11 is 2.07. The maximum Gasteiger partial charge on any atom is 0.282 e. The summed E-state index contributed by atoms with van der Waals surface area (Å²) < 4.78 is 0.817. The van der Waals surface area contributed by atoms with E-state index >= 15 is 0 Å². The molecule has 1 amide bonds.